The lowest BCUT2D eigenvalue weighted by atomic mass is 9.47. The van der Waals surface area contributed by atoms with Crippen molar-refractivity contribution >= 4 is 34.5 Å². The van der Waals surface area contributed by atoms with Gasteiger partial charge in [-0.2, -0.15) is 5.26 Å². The van der Waals surface area contributed by atoms with Gasteiger partial charge in [-0.3, -0.25) is 19.4 Å². The zero-order chi connectivity index (χ0) is 43.4. The maximum absolute atomic E-state index is 15.4. The number of aromatic amines is 1. The number of carbonyl (C=O) groups excluding carboxylic acids is 3. The highest BCUT2D eigenvalue weighted by atomic mass is 16.6. The number of rotatable bonds is 7. The van der Waals surface area contributed by atoms with Crippen LogP contribution in [-0.2, 0) is 45.8 Å². The molecular formula is C47H57N5O9. The van der Waals surface area contributed by atoms with E-state index >= 15 is 4.79 Å². The zero-order valence-electron chi connectivity index (χ0n) is 36.2. The Hall–Kier alpha value is -4.94. The van der Waals surface area contributed by atoms with Gasteiger partial charge in [0.05, 0.1) is 44.6 Å². The average molecular weight is 836 g/mol. The summed E-state index contributed by atoms with van der Waals surface area (Å²) in [4.78, 5) is 53.1. The van der Waals surface area contributed by atoms with Crippen molar-refractivity contribution in [2.45, 2.75) is 99.5 Å². The van der Waals surface area contributed by atoms with Crippen LogP contribution in [0.3, 0.4) is 0 Å². The fourth-order valence-corrected chi connectivity index (χ4v) is 13.6. The van der Waals surface area contributed by atoms with Crippen LogP contribution in [0.1, 0.15) is 80.8 Å². The van der Waals surface area contributed by atoms with Crippen LogP contribution in [0.5, 0.6) is 5.75 Å². The van der Waals surface area contributed by atoms with Gasteiger partial charge in [-0.15, -0.1) is 0 Å². The van der Waals surface area contributed by atoms with Gasteiger partial charge >= 0.3 is 17.9 Å². The van der Waals surface area contributed by atoms with Gasteiger partial charge in [-0.1, -0.05) is 26.0 Å². The Balaban J connectivity index is 1.37. The molecule has 3 fully saturated rings. The molecule has 10 atom stereocenters. The smallest absolute Gasteiger partial charge is 0.344 e. The number of nitrogens with one attached hydrogen (secondary N) is 1. The molecule has 5 aliphatic heterocycles. The lowest BCUT2D eigenvalue weighted by Gasteiger charge is -2.63. The van der Waals surface area contributed by atoms with E-state index < -0.39 is 57.5 Å². The first-order chi connectivity index (χ1) is 29.2. The molecule has 1 saturated carbocycles. The molecule has 6 aliphatic rings. The highest BCUT2D eigenvalue weighted by Gasteiger charge is 2.80. The molecule has 1 spiro atoms. The van der Waals surface area contributed by atoms with Crippen molar-refractivity contribution < 1.29 is 43.5 Å². The fourth-order valence-electron chi connectivity index (χ4n) is 13.6. The molecule has 324 valence electrons. The number of likely N-dealkylation sites (N-methyl/N-ethyl adjacent to an activating group) is 1. The maximum Gasteiger partial charge on any atom is 0.344 e. The van der Waals surface area contributed by atoms with Gasteiger partial charge in [0.1, 0.15) is 11.2 Å². The Kier molecular flexibility index (Phi) is 9.71. The van der Waals surface area contributed by atoms with Crippen LogP contribution in [0.2, 0.25) is 0 Å². The molecule has 9 rings (SSSR count). The SMILES string of the molecule is CC[C@]1(O)C[C@H]2CN(CCc3c([nH]c4ccc(C#N)cc34)[C@@](C(=O)OC)(c3cc4c(cc3OC)N(C)C3[C@]45CCN4CC=C[C@@](CC)([C@@H](OC(C)=O)[C@]3(O)C(=O)OC)[C@H]45)C2)C1. The number of aliphatic hydroxyl groups is 2. The number of H-pyrrole nitrogens is 1. The van der Waals surface area contributed by atoms with E-state index in [-0.39, 0.29) is 18.4 Å². The van der Waals surface area contributed by atoms with Crippen LogP contribution in [-0.4, -0.2) is 133 Å². The van der Waals surface area contributed by atoms with Crippen LogP contribution in [0.15, 0.2) is 42.5 Å². The van der Waals surface area contributed by atoms with Crippen molar-refractivity contribution in [2.75, 3.05) is 66.0 Å². The average Bonchev–Trinajstić information content (AvgIpc) is 3.92. The predicted octanol–water partition coefficient (Wildman–Crippen LogP) is 3.86. The quantitative estimate of drug-likeness (QED) is 0.178. The largest absolute Gasteiger partial charge is 0.496 e. The number of hydrogen-bond acceptors (Lipinski definition) is 13. The lowest BCUT2D eigenvalue weighted by molar-refractivity contribution is -0.228. The summed E-state index contributed by atoms with van der Waals surface area (Å²) in [7, 11) is 6.06. The summed E-state index contributed by atoms with van der Waals surface area (Å²) < 4.78 is 23.9. The summed E-state index contributed by atoms with van der Waals surface area (Å²) in [5, 5.41) is 36.2. The number of nitriles is 1. The standard InChI is InChI=1S/C47H57N5O9/c1-8-43(56)22-29-23-46(41(54)59-6,37-30(13-17-51(25-29)26-43)31-19-28(24-48)11-12-34(31)49-37)33-20-32-35(21-36(33)58-5)50(4)39-45(32)15-18-52-16-10-14-44(9-2,38(45)52)40(61-27(3)53)47(39,57)42(55)60-7/h10-12,14,19-21,29,38-40,49,56-57H,8-9,13,15-18,22-23,25-26H2,1-7H3/t29-,38+,39?,40-,43+,44-,45-,46+,47+/m1/s1. The third-order valence-electron chi connectivity index (χ3n) is 15.8. The number of esters is 3. The number of ether oxygens (including phenoxy) is 4. The van der Waals surface area contributed by atoms with E-state index in [9.17, 15) is 25.1 Å². The second kappa shape index (κ2) is 14.3. The second-order valence-electron chi connectivity index (χ2n) is 18.5. The maximum atomic E-state index is 15.4. The van der Waals surface area contributed by atoms with Gasteiger partial charge in [0.15, 0.2) is 6.10 Å². The zero-order valence-corrected chi connectivity index (χ0v) is 36.2. The molecule has 1 aliphatic carbocycles. The Bertz CT molecular complexity index is 2410. The van der Waals surface area contributed by atoms with Crippen molar-refractivity contribution in [2.24, 2.45) is 11.3 Å². The minimum atomic E-state index is -2.33. The van der Waals surface area contributed by atoms with Crippen molar-refractivity contribution in [1.82, 2.24) is 14.8 Å². The van der Waals surface area contributed by atoms with E-state index in [0.29, 0.717) is 93.1 Å². The van der Waals surface area contributed by atoms with Gasteiger partial charge in [0, 0.05) is 90.9 Å². The van der Waals surface area contributed by atoms with Crippen molar-refractivity contribution in [3.63, 3.8) is 0 Å². The topological polar surface area (TPSA) is 178 Å². The summed E-state index contributed by atoms with van der Waals surface area (Å²) in [6, 6.07) is 10.5. The summed E-state index contributed by atoms with van der Waals surface area (Å²) >= 11 is 0. The van der Waals surface area contributed by atoms with Crippen LogP contribution < -0.4 is 9.64 Å². The molecule has 14 heteroatoms. The van der Waals surface area contributed by atoms with E-state index in [1.807, 2.05) is 56.1 Å². The molecule has 1 aromatic heterocycles. The molecule has 0 amide bonds. The summed E-state index contributed by atoms with van der Waals surface area (Å²) in [6.45, 7) is 8.34. The number of fused-ring (bicyclic) bond motifs is 6. The summed E-state index contributed by atoms with van der Waals surface area (Å²) in [5.41, 5.74) is -1.86. The monoisotopic (exact) mass is 835 g/mol. The first-order valence-electron chi connectivity index (χ1n) is 21.6. The molecule has 0 radical (unpaired) electrons. The number of anilines is 1. The lowest BCUT2D eigenvalue weighted by Crippen LogP contribution is -2.81. The van der Waals surface area contributed by atoms with Gasteiger partial charge in [0.2, 0.25) is 5.60 Å². The van der Waals surface area contributed by atoms with Crippen molar-refractivity contribution in [3.8, 4) is 11.8 Å². The van der Waals surface area contributed by atoms with Crippen LogP contribution >= 0.6 is 0 Å². The first kappa shape index (κ1) is 41.4. The van der Waals surface area contributed by atoms with E-state index in [2.05, 4.69) is 26.9 Å². The van der Waals surface area contributed by atoms with Gasteiger partial charge in [-0.05, 0) is 86.4 Å². The molecule has 3 aromatic rings. The van der Waals surface area contributed by atoms with Crippen LogP contribution in [0.4, 0.5) is 5.69 Å². The number of benzene rings is 2. The second-order valence-corrected chi connectivity index (χ2v) is 18.5. The number of nitrogens with zero attached hydrogens (tertiary/aromatic N) is 4. The first-order valence-corrected chi connectivity index (χ1v) is 21.6. The molecule has 2 bridgehead atoms. The number of methoxy groups -OCH3 is 3. The highest BCUT2D eigenvalue weighted by Crippen LogP contribution is 2.68. The minimum absolute atomic E-state index is 0.154. The number of aromatic nitrogens is 1. The number of carbonyl (C=O) groups is 3. The number of hydrogen-bond donors (Lipinski definition) is 3. The Morgan fingerprint density at radius 3 is 2.43 bits per heavy atom. The summed E-state index contributed by atoms with van der Waals surface area (Å²) in [5.74, 6) is -1.77. The normalized spacial score (nSPS) is 36.0. The van der Waals surface area contributed by atoms with Crippen molar-refractivity contribution in [1.29, 1.82) is 5.26 Å². The Labute approximate surface area is 356 Å². The van der Waals surface area contributed by atoms with E-state index in [1.165, 1.54) is 21.1 Å². The Morgan fingerprint density at radius 1 is 0.984 bits per heavy atom. The van der Waals surface area contributed by atoms with Crippen LogP contribution in [0.25, 0.3) is 10.9 Å². The number of piperidine rings is 1. The summed E-state index contributed by atoms with van der Waals surface area (Å²) in [6.07, 6.45) is 5.58. The third-order valence-corrected chi connectivity index (χ3v) is 15.8. The molecule has 2 saturated heterocycles. The highest BCUT2D eigenvalue weighted by molar-refractivity contribution is 5.95. The molecule has 3 N–H and O–H groups in total. The molecule has 14 nitrogen and oxygen atoms in total. The molecule has 61 heavy (non-hydrogen) atoms. The van der Waals surface area contributed by atoms with Crippen molar-refractivity contribution in [3.05, 3.63) is 70.4 Å². The Morgan fingerprint density at radius 2 is 1.75 bits per heavy atom. The van der Waals surface area contributed by atoms with Crippen LogP contribution in [0, 0.1) is 22.7 Å². The van der Waals surface area contributed by atoms with Gasteiger partial charge in [0.25, 0.3) is 0 Å². The van der Waals surface area contributed by atoms with Gasteiger partial charge < -0.3 is 39.0 Å². The van der Waals surface area contributed by atoms with E-state index in [1.54, 1.807) is 13.2 Å². The molecule has 2 unspecified atom stereocenters. The van der Waals surface area contributed by atoms with E-state index in [4.69, 9.17) is 18.9 Å². The van der Waals surface area contributed by atoms with E-state index in [0.717, 1.165) is 22.0 Å². The molecular weight excluding hydrogens is 779 g/mol. The third kappa shape index (κ3) is 5.42. The molecule has 2 aromatic carbocycles. The minimum Gasteiger partial charge on any atom is -0.496 e. The fraction of sp³-hybridized carbons (Fsp3) is 0.574. The predicted molar refractivity (Wildman–Crippen MR) is 225 cm³/mol. The van der Waals surface area contributed by atoms with Gasteiger partial charge in [-0.25, -0.2) is 4.79 Å². The molecule has 6 heterocycles.